The minimum Gasteiger partial charge on any atom is -0.448 e. The fourth-order valence-electron chi connectivity index (χ4n) is 0.995. The lowest BCUT2D eigenvalue weighted by molar-refractivity contribution is 0.164. The number of ether oxygens (including phenoxy) is 1. The van der Waals surface area contributed by atoms with Gasteiger partial charge in [-0.25, -0.2) is 4.79 Å². The molecule has 0 unspecified atom stereocenters. The van der Waals surface area contributed by atoms with Gasteiger partial charge in [0.05, 0.1) is 0 Å². The van der Waals surface area contributed by atoms with E-state index in [1.165, 1.54) is 0 Å². The van der Waals surface area contributed by atoms with E-state index >= 15 is 0 Å². The Bertz CT molecular complexity index is 362. The van der Waals surface area contributed by atoms with Crippen LogP contribution >= 0.6 is 0 Å². The Morgan fingerprint density at radius 3 is 2.80 bits per heavy atom. The number of hydrogen-bond acceptors (Lipinski definition) is 2. The van der Waals surface area contributed by atoms with Gasteiger partial charge >= 0.3 is 6.09 Å². The predicted octanol–water partition coefficient (Wildman–Crippen LogP) is 2.65. The lowest BCUT2D eigenvalue weighted by atomic mass is 10.3. The van der Waals surface area contributed by atoms with E-state index in [4.69, 9.17) is 4.74 Å². The summed E-state index contributed by atoms with van der Waals surface area (Å²) in [5, 5.41) is 2.61. The molecule has 0 atom stereocenters. The van der Waals surface area contributed by atoms with Gasteiger partial charge in [0, 0.05) is 12.1 Å². The predicted molar refractivity (Wildman–Crippen MR) is 59.5 cm³/mol. The standard InChI is InChI=1S/C12H13NO2/c1-2-3-7-10-15-12(14)13-11-8-5-4-6-9-11/h4-6,8-9H,7,10H2,1H3,(H,13,14). The molecule has 0 saturated carbocycles. The van der Waals surface area contributed by atoms with E-state index in [0.29, 0.717) is 13.0 Å². The van der Waals surface area contributed by atoms with Gasteiger partial charge in [0.1, 0.15) is 6.61 Å². The lowest BCUT2D eigenvalue weighted by Gasteiger charge is -2.04. The zero-order valence-electron chi connectivity index (χ0n) is 8.62. The molecular formula is C12H13NO2. The highest BCUT2D eigenvalue weighted by Gasteiger charge is 2.00. The number of nitrogens with one attached hydrogen (secondary N) is 1. The molecule has 15 heavy (non-hydrogen) atoms. The van der Waals surface area contributed by atoms with Crippen molar-refractivity contribution in [2.45, 2.75) is 13.3 Å². The first-order chi connectivity index (χ1) is 7.33. The third-order valence-electron chi connectivity index (χ3n) is 1.66. The first-order valence-corrected chi connectivity index (χ1v) is 4.71. The summed E-state index contributed by atoms with van der Waals surface area (Å²) < 4.78 is 4.90. The van der Waals surface area contributed by atoms with Crippen LogP contribution in [0.3, 0.4) is 0 Å². The fourth-order valence-corrected chi connectivity index (χ4v) is 0.995. The van der Waals surface area contributed by atoms with E-state index in [1.54, 1.807) is 19.1 Å². The number of anilines is 1. The zero-order valence-corrected chi connectivity index (χ0v) is 8.62. The minimum absolute atomic E-state index is 0.319. The van der Waals surface area contributed by atoms with Crippen LogP contribution < -0.4 is 5.32 Å². The van der Waals surface area contributed by atoms with Crippen molar-refractivity contribution in [3.8, 4) is 11.8 Å². The molecule has 0 fully saturated rings. The van der Waals surface area contributed by atoms with Crippen molar-refractivity contribution in [3.63, 3.8) is 0 Å². The van der Waals surface area contributed by atoms with E-state index in [0.717, 1.165) is 5.69 Å². The Kier molecular flexibility index (Phi) is 4.82. The van der Waals surface area contributed by atoms with Crippen LogP contribution in [0.1, 0.15) is 13.3 Å². The summed E-state index contributed by atoms with van der Waals surface area (Å²) in [7, 11) is 0. The van der Waals surface area contributed by atoms with Gasteiger partial charge in [-0.05, 0) is 19.1 Å². The van der Waals surface area contributed by atoms with Crippen molar-refractivity contribution in [2.75, 3.05) is 11.9 Å². The molecule has 0 heterocycles. The molecule has 0 aliphatic rings. The molecule has 1 N–H and O–H groups in total. The Balaban J connectivity index is 2.27. The van der Waals surface area contributed by atoms with Gasteiger partial charge in [-0.1, -0.05) is 18.2 Å². The number of carbonyl (C=O) groups is 1. The summed E-state index contributed by atoms with van der Waals surface area (Å²) in [6, 6.07) is 9.17. The Hall–Kier alpha value is -1.95. The molecule has 0 aromatic heterocycles. The van der Waals surface area contributed by atoms with Gasteiger partial charge in [-0.3, -0.25) is 5.32 Å². The van der Waals surface area contributed by atoms with Crippen LogP contribution in [0.15, 0.2) is 30.3 Å². The molecule has 3 heteroatoms. The summed E-state index contributed by atoms with van der Waals surface area (Å²) in [6.07, 6.45) is 0.123. The SMILES string of the molecule is CC#CCCOC(=O)Nc1ccccc1. The molecular weight excluding hydrogens is 190 g/mol. The smallest absolute Gasteiger partial charge is 0.411 e. The molecule has 0 aliphatic heterocycles. The van der Waals surface area contributed by atoms with Crippen molar-refractivity contribution in [2.24, 2.45) is 0 Å². The summed E-state index contributed by atoms with van der Waals surface area (Å²) in [5.74, 6) is 5.54. The number of carbonyl (C=O) groups excluding carboxylic acids is 1. The second-order valence-corrected chi connectivity index (χ2v) is 2.80. The molecule has 78 valence electrons. The molecule has 1 amide bonds. The topological polar surface area (TPSA) is 38.3 Å². The number of para-hydroxylation sites is 1. The average molecular weight is 203 g/mol. The molecule has 1 aromatic rings. The molecule has 1 rings (SSSR count). The number of benzene rings is 1. The number of amides is 1. The molecule has 0 aliphatic carbocycles. The third-order valence-corrected chi connectivity index (χ3v) is 1.66. The van der Waals surface area contributed by atoms with E-state index in [1.807, 2.05) is 18.2 Å². The van der Waals surface area contributed by atoms with Crippen LogP contribution in [0.2, 0.25) is 0 Å². The van der Waals surface area contributed by atoms with Gasteiger partial charge in [0.2, 0.25) is 0 Å². The van der Waals surface area contributed by atoms with Gasteiger partial charge in [-0.15, -0.1) is 11.8 Å². The van der Waals surface area contributed by atoms with Crippen molar-refractivity contribution >= 4 is 11.8 Å². The van der Waals surface area contributed by atoms with Crippen LogP contribution in [-0.2, 0) is 4.74 Å². The summed E-state index contributed by atoms with van der Waals surface area (Å²) in [6.45, 7) is 2.07. The maximum atomic E-state index is 11.2. The highest BCUT2D eigenvalue weighted by atomic mass is 16.5. The monoisotopic (exact) mass is 203 g/mol. The minimum atomic E-state index is -0.445. The van der Waals surface area contributed by atoms with E-state index in [9.17, 15) is 4.79 Å². The summed E-state index contributed by atoms with van der Waals surface area (Å²) in [4.78, 5) is 11.2. The van der Waals surface area contributed by atoms with E-state index in [-0.39, 0.29) is 0 Å². The normalized spacial score (nSPS) is 8.60. The highest BCUT2D eigenvalue weighted by molar-refractivity contribution is 5.84. The van der Waals surface area contributed by atoms with Crippen molar-refractivity contribution < 1.29 is 9.53 Å². The van der Waals surface area contributed by atoms with E-state index < -0.39 is 6.09 Å². The largest absolute Gasteiger partial charge is 0.448 e. The molecule has 0 bridgehead atoms. The van der Waals surface area contributed by atoms with Crippen LogP contribution in [0, 0.1) is 11.8 Å². The molecule has 0 saturated heterocycles. The van der Waals surface area contributed by atoms with Crippen LogP contribution in [0.5, 0.6) is 0 Å². The third kappa shape index (κ3) is 4.72. The fraction of sp³-hybridized carbons (Fsp3) is 0.250. The Labute approximate surface area is 89.4 Å². The first kappa shape index (κ1) is 11.1. The number of rotatable bonds is 3. The number of hydrogen-bond donors (Lipinski definition) is 1. The summed E-state index contributed by atoms with van der Waals surface area (Å²) in [5.41, 5.74) is 0.726. The van der Waals surface area contributed by atoms with Crippen molar-refractivity contribution in [1.82, 2.24) is 0 Å². The van der Waals surface area contributed by atoms with Crippen LogP contribution in [0.25, 0.3) is 0 Å². The molecule has 3 nitrogen and oxygen atoms in total. The first-order valence-electron chi connectivity index (χ1n) is 4.71. The second-order valence-electron chi connectivity index (χ2n) is 2.80. The van der Waals surface area contributed by atoms with Crippen LogP contribution in [-0.4, -0.2) is 12.7 Å². The van der Waals surface area contributed by atoms with E-state index in [2.05, 4.69) is 17.2 Å². The van der Waals surface area contributed by atoms with Gasteiger partial charge in [0.25, 0.3) is 0 Å². The second kappa shape index (κ2) is 6.50. The summed E-state index contributed by atoms with van der Waals surface area (Å²) >= 11 is 0. The van der Waals surface area contributed by atoms with Gasteiger partial charge in [-0.2, -0.15) is 0 Å². The molecule has 1 aromatic carbocycles. The van der Waals surface area contributed by atoms with Crippen molar-refractivity contribution in [3.05, 3.63) is 30.3 Å². The maximum Gasteiger partial charge on any atom is 0.411 e. The molecule has 0 radical (unpaired) electrons. The lowest BCUT2D eigenvalue weighted by Crippen LogP contribution is -2.13. The van der Waals surface area contributed by atoms with Gasteiger partial charge < -0.3 is 4.74 Å². The quantitative estimate of drug-likeness (QED) is 0.605. The Morgan fingerprint density at radius 2 is 2.13 bits per heavy atom. The van der Waals surface area contributed by atoms with Crippen molar-refractivity contribution in [1.29, 1.82) is 0 Å². The van der Waals surface area contributed by atoms with Gasteiger partial charge in [0.15, 0.2) is 0 Å². The Morgan fingerprint density at radius 1 is 1.40 bits per heavy atom. The molecule has 0 spiro atoms. The zero-order chi connectivity index (χ0) is 10.9. The van der Waals surface area contributed by atoms with Crippen LogP contribution in [0.4, 0.5) is 10.5 Å². The maximum absolute atomic E-state index is 11.2. The highest BCUT2D eigenvalue weighted by Crippen LogP contribution is 2.05. The average Bonchev–Trinajstić information content (AvgIpc) is 2.26.